The third kappa shape index (κ3) is 9.28. The van der Waals surface area contributed by atoms with Crippen molar-refractivity contribution in [2.75, 3.05) is 26.2 Å². The van der Waals surface area contributed by atoms with Gasteiger partial charge in [0.2, 0.25) is 17.7 Å². The average molecular weight is 642 g/mol. The van der Waals surface area contributed by atoms with Gasteiger partial charge in [-0.05, 0) is 41.5 Å². The second-order valence-corrected chi connectivity index (χ2v) is 12.6. The maximum atomic E-state index is 13.6. The van der Waals surface area contributed by atoms with Gasteiger partial charge in [-0.3, -0.25) is 28.8 Å². The summed E-state index contributed by atoms with van der Waals surface area (Å²) in [6.07, 6.45) is 6.14. The number of piperazine rings is 1. The number of nitrogens with zero attached hydrogens (tertiary/aromatic N) is 4. The van der Waals surface area contributed by atoms with Gasteiger partial charge in [-0.1, -0.05) is 74.4 Å². The maximum absolute atomic E-state index is 13.6. The fourth-order valence-electron chi connectivity index (χ4n) is 6.51. The van der Waals surface area contributed by atoms with Crippen LogP contribution in [0.15, 0.2) is 66.9 Å². The minimum absolute atomic E-state index is 0.0615. The first-order valence-electron chi connectivity index (χ1n) is 16.8. The van der Waals surface area contributed by atoms with Crippen molar-refractivity contribution < 1.29 is 19.2 Å². The molecule has 2 heterocycles. The predicted octanol–water partition coefficient (Wildman–Crippen LogP) is 2.81. The zero-order valence-electron chi connectivity index (χ0n) is 27.5. The Labute approximate surface area is 277 Å². The van der Waals surface area contributed by atoms with E-state index in [2.05, 4.69) is 38.1 Å². The Bertz CT molecular complexity index is 1490. The van der Waals surface area contributed by atoms with Gasteiger partial charge in [-0.15, -0.1) is 0 Å². The topological polar surface area (TPSA) is 129 Å². The Morgan fingerprint density at radius 1 is 0.851 bits per heavy atom. The SMILES string of the molecule is CCC(=O)NC(Cc1ccc(CNC(=O)C(NC(=O)c2ccnn2C)C2CCCC2)cc1)C(=O)N1CCN(Cc2ccccc2)CC1. The highest BCUT2D eigenvalue weighted by atomic mass is 16.2. The van der Waals surface area contributed by atoms with Crippen LogP contribution in [-0.4, -0.2) is 81.5 Å². The van der Waals surface area contributed by atoms with Crippen LogP contribution in [0.25, 0.3) is 0 Å². The van der Waals surface area contributed by atoms with Crippen LogP contribution in [0.4, 0.5) is 0 Å². The van der Waals surface area contributed by atoms with E-state index in [9.17, 15) is 19.2 Å². The molecule has 0 bridgehead atoms. The largest absolute Gasteiger partial charge is 0.350 e. The van der Waals surface area contributed by atoms with Gasteiger partial charge < -0.3 is 20.9 Å². The summed E-state index contributed by atoms with van der Waals surface area (Å²) in [5.74, 6) is -0.636. The molecule has 1 aliphatic carbocycles. The van der Waals surface area contributed by atoms with Gasteiger partial charge in [0, 0.05) is 65.4 Å². The van der Waals surface area contributed by atoms with E-state index in [0.717, 1.165) is 56.4 Å². The van der Waals surface area contributed by atoms with E-state index in [1.165, 1.54) is 10.2 Å². The molecule has 47 heavy (non-hydrogen) atoms. The van der Waals surface area contributed by atoms with Crippen molar-refractivity contribution in [2.24, 2.45) is 13.0 Å². The normalized spacial score (nSPS) is 16.8. The van der Waals surface area contributed by atoms with Crippen molar-refractivity contribution >= 4 is 23.6 Å². The third-order valence-corrected chi connectivity index (χ3v) is 9.31. The van der Waals surface area contributed by atoms with Crippen LogP contribution in [0.1, 0.15) is 66.2 Å². The summed E-state index contributed by atoms with van der Waals surface area (Å²) in [5, 5.41) is 13.0. The molecule has 2 atom stereocenters. The van der Waals surface area contributed by atoms with Crippen molar-refractivity contribution in [3.8, 4) is 0 Å². The molecule has 1 aromatic heterocycles. The van der Waals surface area contributed by atoms with Crippen LogP contribution in [0.3, 0.4) is 0 Å². The molecule has 2 aliphatic rings. The second kappa shape index (κ2) is 16.4. The van der Waals surface area contributed by atoms with Crippen molar-refractivity contribution in [1.82, 2.24) is 35.5 Å². The predicted molar refractivity (Wildman–Crippen MR) is 179 cm³/mol. The van der Waals surface area contributed by atoms with Crippen LogP contribution in [0, 0.1) is 5.92 Å². The average Bonchev–Trinajstić information content (AvgIpc) is 3.79. The van der Waals surface area contributed by atoms with Crippen LogP contribution >= 0.6 is 0 Å². The second-order valence-electron chi connectivity index (χ2n) is 12.6. The highest BCUT2D eigenvalue weighted by molar-refractivity contribution is 5.96. The maximum Gasteiger partial charge on any atom is 0.270 e. The fourth-order valence-corrected chi connectivity index (χ4v) is 6.51. The first-order valence-corrected chi connectivity index (χ1v) is 16.8. The zero-order chi connectivity index (χ0) is 33.2. The minimum Gasteiger partial charge on any atom is -0.350 e. The number of rotatable bonds is 13. The summed E-state index contributed by atoms with van der Waals surface area (Å²) in [4.78, 5) is 56.5. The van der Waals surface area contributed by atoms with Gasteiger partial charge in [0.15, 0.2) is 0 Å². The van der Waals surface area contributed by atoms with Crippen molar-refractivity contribution in [3.05, 3.63) is 89.2 Å². The lowest BCUT2D eigenvalue weighted by Gasteiger charge is -2.36. The number of aryl methyl sites for hydroxylation is 1. The smallest absolute Gasteiger partial charge is 0.270 e. The number of benzene rings is 2. The van der Waals surface area contributed by atoms with Crippen molar-refractivity contribution in [2.45, 2.75) is 70.6 Å². The molecule has 5 rings (SSSR count). The molecule has 2 aromatic carbocycles. The zero-order valence-corrected chi connectivity index (χ0v) is 27.5. The number of carbonyl (C=O) groups is 4. The van der Waals surface area contributed by atoms with Crippen LogP contribution < -0.4 is 16.0 Å². The quantitative estimate of drug-likeness (QED) is 0.263. The van der Waals surface area contributed by atoms with E-state index in [1.54, 1.807) is 26.2 Å². The van der Waals surface area contributed by atoms with Gasteiger partial charge in [0.05, 0.1) is 0 Å². The van der Waals surface area contributed by atoms with Gasteiger partial charge in [-0.25, -0.2) is 0 Å². The molecule has 4 amide bonds. The lowest BCUT2D eigenvalue weighted by atomic mass is 9.97. The van der Waals surface area contributed by atoms with E-state index >= 15 is 0 Å². The number of aromatic nitrogens is 2. The number of hydrogen-bond donors (Lipinski definition) is 3. The molecule has 0 radical (unpaired) electrons. The number of hydrogen-bond acceptors (Lipinski definition) is 6. The fraction of sp³-hybridized carbons (Fsp3) is 0.472. The Morgan fingerprint density at radius 2 is 1.53 bits per heavy atom. The standard InChI is InChI=1S/C36H47N7O4/c1-3-32(44)39-30(36(47)43-21-19-42(20-22-43)25-28-9-5-4-6-10-28)23-26-13-15-27(16-14-26)24-37-35(46)33(29-11-7-8-12-29)40-34(45)31-17-18-38-41(31)2/h4-6,9-10,13-18,29-30,33H,3,7-8,11-12,19-25H2,1-2H3,(H,37,46)(H,39,44)(H,40,45). The Hall–Kier alpha value is -4.51. The lowest BCUT2D eigenvalue weighted by molar-refractivity contribution is -0.138. The van der Waals surface area contributed by atoms with Gasteiger partial charge in [0.25, 0.3) is 5.91 Å². The first-order chi connectivity index (χ1) is 22.8. The molecule has 0 spiro atoms. The highest BCUT2D eigenvalue weighted by Gasteiger charge is 2.33. The Morgan fingerprint density at radius 3 is 2.17 bits per heavy atom. The van der Waals surface area contributed by atoms with E-state index < -0.39 is 12.1 Å². The summed E-state index contributed by atoms with van der Waals surface area (Å²) in [5.41, 5.74) is 3.49. The van der Waals surface area contributed by atoms with Crippen LogP contribution in [0.2, 0.25) is 0 Å². The molecule has 3 N–H and O–H groups in total. The van der Waals surface area contributed by atoms with E-state index in [-0.39, 0.29) is 29.5 Å². The lowest BCUT2D eigenvalue weighted by Crippen LogP contribution is -2.55. The highest BCUT2D eigenvalue weighted by Crippen LogP contribution is 2.28. The molecule has 3 aromatic rings. The molecule has 2 fully saturated rings. The molecule has 250 valence electrons. The Balaban J connectivity index is 1.15. The minimum atomic E-state index is -0.649. The molecular formula is C36H47N7O4. The van der Waals surface area contributed by atoms with Gasteiger partial charge in [0.1, 0.15) is 17.8 Å². The van der Waals surface area contributed by atoms with Gasteiger partial charge >= 0.3 is 0 Å². The molecule has 1 saturated heterocycles. The molecule has 1 aliphatic heterocycles. The van der Waals surface area contributed by atoms with E-state index in [1.807, 2.05) is 47.4 Å². The first kappa shape index (κ1) is 33.8. The molecular weight excluding hydrogens is 594 g/mol. The van der Waals surface area contributed by atoms with Crippen LogP contribution in [0.5, 0.6) is 0 Å². The van der Waals surface area contributed by atoms with Gasteiger partial charge in [-0.2, -0.15) is 5.10 Å². The third-order valence-electron chi connectivity index (χ3n) is 9.31. The van der Waals surface area contributed by atoms with Crippen LogP contribution in [-0.2, 0) is 40.9 Å². The molecule has 2 unspecified atom stereocenters. The van der Waals surface area contributed by atoms with E-state index in [4.69, 9.17) is 0 Å². The van der Waals surface area contributed by atoms with Crippen molar-refractivity contribution in [1.29, 1.82) is 0 Å². The Kier molecular flexibility index (Phi) is 11.8. The summed E-state index contributed by atoms with van der Waals surface area (Å²) in [6, 6.07) is 18.4. The number of carbonyl (C=O) groups excluding carboxylic acids is 4. The molecule has 11 nitrogen and oxygen atoms in total. The summed E-state index contributed by atoms with van der Waals surface area (Å²) in [6.45, 7) is 5.75. The summed E-state index contributed by atoms with van der Waals surface area (Å²) >= 11 is 0. The van der Waals surface area contributed by atoms with E-state index in [0.29, 0.717) is 38.2 Å². The molecule has 1 saturated carbocycles. The summed E-state index contributed by atoms with van der Waals surface area (Å²) < 4.78 is 1.50. The number of amides is 4. The van der Waals surface area contributed by atoms with Crippen molar-refractivity contribution in [3.63, 3.8) is 0 Å². The monoisotopic (exact) mass is 641 g/mol. The number of nitrogens with one attached hydrogen (secondary N) is 3. The molecule has 11 heteroatoms. The summed E-state index contributed by atoms with van der Waals surface area (Å²) in [7, 11) is 1.70.